The fourth-order valence-corrected chi connectivity index (χ4v) is 2.49. The zero-order valence-electron chi connectivity index (χ0n) is 8.64. The molecule has 1 aliphatic rings. The Labute approximate surface area is 92.6 Å². The van der Waals surface area contributed by atoms with E-state index in [4.69, 9.17) is 5.11 Å². The van der Waals surface area contributed by atoms with Crippen molar-refractivity contribution in [1.82, 2.24) is 9.88 Å². The van der Waals surface area contributed by atoms with Gasteiger partial charge in [0, 0.05) is 11.9 Å². The van der Waals surface area contributed by atoms with E-state index >= 15 is 0 Å². The third-order valence-electron chi connectivity index (χ3n) is 2.69. The molecule has 0 bridgehead atoms. The second kappa shape index (κ2) is 4.28. The number of aliphatic hydroxyl groups excluding tert-OH is 1. The van der Waals surface area contributed by atoms with Crippen LogP contribution in [-0.4, -0.2) is 40.1 Å². The number of aliphatic hydroxyl groups is 1. The first kappa shape index (κ1) is 10.6. The van der Waals surface area contributed by atoms with Crippen molar-refractivity contribution in [3.8, 4) is 0 Å². The van der Waals surface area contributed by atoms with Gasteiger partial charge < -0.3 is 10.0 Å². The molecule has 1 atom stereocenters. The first-order valence-electron chi connectivity index (χ1n) is 5.06. The van der Waals surface area contributed by atoms with Gasteiger partial charge in [0.2, 0.25) is 0 Å². The standard InChI is InChI=1S/C10H14N2O2S/c1-7-11-9(6-15-7)10(14)12-4-2-3-8(12)5-13/h6,8,13H,2-5H2,1H3/t8-/m0/s1. The number of carbonyl (C=O) groups is 1. The highest BCUT2D eigenvalue weighted by atomic mass is 32.1. The number of amides is 1. The van der Waals surface area contributed by atoms with Crippen molar-refractivity contribution in [3.05, 3.63) is 16.1 Å². The SMILES string of the molecule is Cc1nc(C(=O)N2CCC[C@H]2CO)cs1. The van der Waals surface area contributed by atoms with Crippen LogP contribution in [0.25, 0.3) is 0 Å². The second-order valence-electron chi connectivity index (χ2n) is 3.73. The molecule has 5 heteroatoms. The molecule has 1 saturated heterocycles. The topological polar surface area (TPSA) is 53.4 Å². The summed E-state index contributed by atoms with van der Waals surface area (Å²) in [7, 11) is 0. The van der Waals surface area contributed by atoms with Crippen LogP contribution in [0.2, 0.25) is 0 Å². The summed E-state index contributed by atoms with van der Waals surface area (Å²) < 4.78 is 0. The maximum atomic E-state index is 12.0. The average molecular weight is 226 g/mol. The van der Waals surface area contributed by atoms with Crippen molar-refractivity contribution in [3.63, 3.8) is 0 Å². The number of aromatic nitrogens is 1. The van der Waals surface area contributed by atoms with E-state index in [-0.39, 0.29) is 18.6 Å². The highest BCUT2D eigenvalue weighted by molar-refractivity contribution is 7.09. The van der Waals surface area contributed by atoms with Crippen LogP contribution < -0.4 is 0 Å². The van der Waals surface area contributed by atoms with E-state index in [1.165, 1.54) is 11.3 Å². The van der Waals surface area contributed by atoms with Gasteiger partial charge in [0.25, 0.3) is 5.91 Å². The Bertz CT molecular complexity index is 364. The molecule has 4 nitrogen and oxygen atoms in total. The zero-order chi connectivity index (χ0) is 10.8. The van der Waals surface area contributed by atoms with Crippen LogP contribution >= 0.6 is 11.3 Å². The minimum absolute atomic E-state index is 0.0143. The van der Waals surface area contributed by atoms with Crippen LogP contribution in [0.5, 0.6) is 0 Å². The third-order valence-corrected chi connectivity index (χ3v) is 3.46. The van der Waals surface area contributed by atoms with Crippen molar-refractivity contribution in [2.75, 3.05) is 13.2 Å². The van der Waals surface area contributed by atoms with Gasteiger partial charge in [-0.3, -0.25) is 4.79 Å². The lowest BCUT2D eigenvalue weighted by Crippen LogP contribution is -2.37. The monoisotopic (exact) mass is 226 g/mol. The summed E-state index contributed by atoms with van der Waals surface area (Å²) >= 11 is 1.48. The average Bonchev–Trinajstić information content (AvgIpc) is 2.84. The molecule has 0 saturated carbocycles. The van der Waals surface area contributed by atoms with Gasteiger partial charge in [-0.15, -0.1) is 11.3 Å². The van der Waals surface area contributed by atoms with Gasteiger partial charge in [0.1, 0.15) is 5.69 Å². The summed E-state index contributed by atoms with van der Waals surface area (Å²) in [6.45, 7) is 2.67. The highest BCUT2D eigenvalue weighted by Crippen LogP contribution is 2.20. The summed E-state index contributed by atoms with van der Waals surface area (Å²) in [6, 6.07) is -0.0143. The van der Waals surface area contributed by atoms with Gasteiger partial charge in [-0.1, -0.05) is 0 Å². The Balaban J connectivity index is 2.13. The molecule has 0 aliphatic carbocycles. The number of carbonyl (C=O) groups excluding carboxylic acids is 1. The van der Waals surface area contributed by atoms with Gasteiger partial charge in [0.05, 0.1) is 17.7 Å². The number of hydrogen-bond acceptors (Lipinski definition) is 4. The molecule has 1 fully saturated rings. The van der Waals surface area contributed by atoms with Crippen molar-refractivity contribution >= 4 is 17.2 Å². The van der Waals surface area contributed by atoms with Gasteiger partial charge in [-0.25, -0.2) is 4.98 Å². The van der Waals surface area contributed by atoms with Crippen LogP contribution in [0, 0.1) is 6.92 Å². The van der Waals surface area contributed by atoms with Crippen LogP contribution in [0.15, 0.2) is 5.38 Å². The quantitative estimate of drug-likeness (QED) is 0.820. The first-order chi connectivity index (χ1) is 7.22. The van der Waals surface area contributed by atoms with E-state index in [0.717, 1.165) is 24.4 Å². The minimum atomic E-state index is -0.0455. The first-order valence-corrected chi connectivity index (χ1v) is 5.94. The molecule has 1 aromatic heterocycles. The number of nitrogens with zero attached hydrogens (tertiary/aromatic N) is 2. The number of thiazole rings is 1. The molecule has 2 heterocycles. The fraction of sp³-hybridized carbons (Fsp3) is 0.600. The normalized spacial score (nSPS) is 20.9. The molecule has 2 rings (SSSR count). The number of hydrogen-bond donors (Lipinski definition) is 1. The molecule has 1 amide bonds. The largest absolute Gasteiger partial charge is 0.394 e. The number of rotatable bonds is 2. The Hall–Kier alpha value is -0.940. The lowest BCUT2D eigenvalue weighted by molar-refractivity contribution is 0.0672. The van der Waals surface area contributed by atoms with E-state index in [2.05, 4.69) is 4.98 Å². The van der Waals surface area contributed by atoms with Crippen molar-refractivity contribution in [2.45, 2.75) is 25.8 Å². The van der Waals surface area contributed by atoms with Crippen molar-refractivity contribution < 1.29 is 9.90 Å². The van der Waals surface area contributed by atoms with E-state index in [1.54, 1.807) is 10.3 Å². The molecule has 0 spiro atoms. The Kier molecular flexibility index (Phi) is 3.02. The molecule has 0 unspecified atom stereocenters. The molecule has 1 N–H and O–H groups in total. The molecule has 15 heavy (non-hydrogen) atoms. The van der Waals surface area contributed by atoms with Crippen molar-refractivity contribution in [2.24, 2.45) is 0 Å². The minimum Gasteiger partial charge on any atom is -0.394 e. The van der Waals surface area contributed by atoms with Gasteiger partial charge in [-0.2, -0.15) is 0 Å². The molecule has 82 valence electrons. The van der Waals surface area contributed by atoms with E-state index in [9.17, 15) is 4.79 Å². The van der Waals surface area contributed by atoms with Gasteiger partial charge >= 0.3 is 0 Å². The molecule has 1 aliphatic heterocycles. The van der Waals surface area contributed by atoms with Crippen molar-refractivity contribution in [1.29, 1.82) is 0 Å². The lowest BCUT2D eigenvalue weighted by Gasteiger charge is -2.21. The summed E-state index contributed by atoms with van der Waals surface area (Å²) in [6.07, 6.45) is 1.87. The van der Waals surface area contributed by atoms with Crippen LogP contribution in [0.4, 0.5) is 0 Å². The summed E-state index contributed by atoms with van der Waals surface area (Å²) in [5, 5.41) is 11.8. The Morgan fingerprint density at radius 3 is 3.20 bits per heavy atom. The van der Waals surface area contributed by atoms with E-state index in [0.29, 0.717) is 5.69 Å². The molecule has 1 aromatic rings. The zero-order valence-corrected chi connectivity index (χ0v) is 9.46. The maximum absolute atomic E-state index is 12.0. The fourth-order valence-electron chi connectivity index (χ4n) is 1.90. The second-order valence-corrected chi connectivity index (χ2v) is 4.79. The van der Waals surface area contributed by atoms with Crippen LogP contribution in [0.1, 0.15) is 28.3 Å². The van der Waals surface area contributed by atoms with Crippen LogP contribution in [-0.2, 0) is 0 Å². The predicted molar refractivity (Wildman–Crippen MR) is 58.0 cm³/mol. The maximum Gasteiger partial charge on any atom is 0.273 e. The Morgan fingerprint density at radius 2 is 2.60 bits per heavy atom. The van der Waals surface area contributed by atoms with E-state index < -0.39 is 0 Å². The highest BCUT2D eigenvalue weighted by Gasteiger charge is 2.29. The summed E-state index contributed by atoms with van der Waals surface area (Å²) in [5.74, 6) is -0.0455. The molecule has 0 radical (unpaired) electrons. The number of likely N-dealkylation sites (tertiary alicyclic amines) is 1. The van der Waals surface area contributed by atoms with Gasteiger partial charge in [0.15, 0.2) is 0 Å². The predicted octanol–water partition coefficient (Wildman–Crippen LogP) is 1.05. The lowest BCUT2D eigenvalue weighted by atomic mass is 10.2. The summed E-state index contributed by atoms with van der Waals surface area (Å²) in [4.78, 5) is 17.9. The third kappa shape index (κ3) is 2.03. The Morgan fingerprint density at radius 1 is 1.80 bits per heavy atom. The van der Waals surface area contributed by atoms with Gasteiger partial charge in [-0.05, 0) is 19.8 Å². The molecular weight excluding hydrogens is 212 g/mol. The molecule has 0 aromatic carbocycles. The summed E-state index contributed by atoms with van der Waals surface area (Å²) in [5.41, 5.74) is 0.512. The molecular formula is C10H14N2O2S. The smallest absolute Gasteiger partial charge is 0.273 e. The number of aryl methyl sites for hydroxylation is 1. The van der Waals surface area contributed by atoms with Crippen LogP contribution in [0.3, 0.4) is 0 Å². The van der Waals surface area contributed by atoms with E-state index in [1.807, 2.05) is 6.92 Å².